The zero-order valence-corrected chi connectivity index (χ0v) is 10.8. The van der Waals surface area contributed by atoms with Crippen molar-refractivity contribution in [3.05, 3.63) is 0 Å². The van der Waals surface area contributed by atoms with E-state index in [1.807, 2.05) is 25.6 Å². The molecule has 1 spiro atoms. The lowest BCUT2D eigenvalue weighted by Gasteiger charge is -2.42. The van der Waals surface area contributed by atoms with Crippen LogP contribution in [0, 0.1) is 0 Å². The van der Waals surface area contributed by atoms with Gasteiger partial charge < -0.3 is 10.2 Å². The summed E-state index contributed by atoms with van der Waals surface area (Å²) in [6.07, 6.45) is 2.89. The highest BCUT2D eigenvalue weighted by Gasteiger charge is 2.37. The lowest BCUT2D eigenvalue weighted by Crippen LogP contribution is -2.54. The molecule has 0 unspecified atom stereocenters. The third-order valence-corrected chi connectivity index (χ3v) is 4.34. The van der Waals surface area contributed by atoms with E-state index in [2.05, 4.69) is 17.3 Å². The lowest BCUT2D eigenvalue weighted by atomic mass is 10.0. The van der Waals surface area contributed by atoms with Crippen molar-refractivity contribution in [2.75, 3.05) is 25.9 Å². The number of hydrogen-bond donors (Lipinski definition) is 1. The number of nitrogens with zero attached hydrogens (tertiary/aromatic N) is 1. The summed E-state index contributed by atoms with van der Waals surface area (Å²) in [6.45, 7) is 6.21. The van der Waals surface area contributed by atoms with Gasteiger partial charge in [0.2, 0.25) is 5.91 Å². The molecule has 1 amide bonds. The molecule has 0 radical (unpaired) electrons. The fraction of sp³-hybridized carbons (Fsp3) is 0.909. The van der Waals surface area contributed by atoms with Crippen molar-refractivity contribution < 1.29 is 4.79 Å². The Kier molecular flexibility index (Phi) is 4.93. The van der Waals surface area contributed by atoms with E-state index in [4.69, 9.17) is 0 Å². The number of thioether (sulfide) groups is 1. The Morgan fingerprint density at radius 1 is 1.33 bits per heavy atom. The smallest absolute Gasteiger partial charge is 0.221 e. The van der Waals surface area contributed by atoms with Crippen LogP contribution in [0.2, 0.25) is 0 Å². The molecule has 2 aliphatic rings. The summed E-state index contributed by atoms with van der Waals surface area (Å²) in [7, 11) is 2.14. The molecule has 2 aliphatic heterocycles. The predicted octanol–water partition coefficient (Wildman–Crippen LogP) is 1.69. The van der Waals surface area contributed by atoms with E-state index in [0.717, 1.165) is 31.7 Å². The van der Waals surface area contributed by atoms with Crippen LogP contribution in [0.3, 0.4) is 0 Å². The molecule has 88 valence electrons. The molecule has 1 N–H and O–H groups in total. The fourth-order valence-corrected chi connectivity index (χ4v) is 3.28. The number of carbonyl (C=O) groups excluding carboxylic acids is 1. The van der Waals surface area contributed by atoms with Gasteiger partial charge in [0.05, 0.1) is 4.87 Å². The summed E-state index contributed by atoms with van der Waals surface area (Å²) in [5.41, 5.74) is 0. The summed E-state index contributed by atoms with van der Waals surface area (Å²) in [4.78, 5) is 13.7. The number of piperidine rings is 1. The average Bonchev–Trinajstić information content (AvgIpc) is 2.26. The molecule has 0 atom stereocenters. The maximum Gasteiger partial charge on any atom is 0.221 e. The van der Waals surface area contributed by atoms with Gasteiger partial charge in [0, 0.05) is 25.3 Å². The van der Waals surface area contributed by atoms with Gasteiger partial charge in [0.25, 0.3) is 0 Å². The molecule has 0 aromatic carbocycles. The molecule has 4 heteroatoms. The molecular formula is C11H22N2OS. The van der Waals surface area contributed by atoms with Crippen molar-refractivity contribution >= 4 is 17.7 Å². The number of amides is 1. The number of hydrogen-bond acceptors (Lipinski definition) is 3. The van der Waals surface area contributed by atoms with Gasteiger partial charge >= 0.3 is 0 Å². The molecule has 2 heterocycles. The lowest BCUT2D eigenvalue weighted by molar-refractivity contribution is -0.122. The summed E-state index contributed by atoms with van der Waals surface area (Å²) >= 11 is 1.93. The number of carbonyl (C=O) groups is 1. The van der Waals surface area contributed by atoms with E-state index in [1.165, 1.54) is 0 Å². The van der Waals surface area contributed by atoms with Gasteiger partial charge in [-0.05, 0) is 19.9 Å². The first-order valence-corrected chi connectivity index (χ1v) is 6.82. The van der Waals surface area contributed by atoms with Gasteiger partial charge in [-0.1, -0.05) is 13.8 Å². The van der Waals surface area contributed by atoms with Crippen molar-refractivity contribution in [2.45, 2.75) is 38.0 Å². The minimum Gasteiger partial charge on any atom is -0.342 e. The molecule has 2 fully saturated rings. The topological polar surface area (TPSA) is 32.3 Å². The minimum absolute atomic E-state index is 0.0852. The molecule has 2 rings (SSSR count). The van der Waals surface area contributed by atoms with Crippen molar-refractivity contribution in [3.8, 4) is 0 Å². The SMILES string of the molecule is CC.CN1CCC2(CC1)NC(=O)CCS2. The first-order valence-electron chi connectivity index (χ1n) is 5.84. The summed E-state index contributed by atoms with van der Waals surface area (Å²) in [5, 5.41) is 3.15. The van der Waals surface area contributed by atoms with Crippen molar-refractivity contribution in [2.24, 2.45) is 0 Å². The maximum atomic E-state index is 11.3. The molecule has 2 saturated heterocycles. The monoisotopic (exact) mass is 230 g/mol. The van der Waals surface area contributed by atoms with E-state index in [0.29, 0.717) is 6.42 Å². The molecular weight excluding hydrogens is 208 g/mol. The Morgan fingerprint density at radius 2 is 1.93 bits per heavy atom. The Bertz CT molecular complexity index is 213. The van der Waals surface area contributed by atoms with E-state index >= 15 is 0 Å². The second-order valence-corrected chi connectivity index (χ2v) is 5.42. The van der Waals surface area contributed by atoms with Crippen LogP contribution >= 0.6 is 11.8 Å². The molecule has 3 nitrogen and oxygen atoms in total. The second kappa shape index (κ2) is 5.75. The van der Waals surface area contributed by atoms with Crippen LogP contribution in [0.5, 0.6) is 0 Å². The summed E-state index contributed by atoms with van der Waals surface area (Å²) < 4.78 is 0. The van der Waals surface area contributed by atoms with Gasteiger partial charge in [0.1, 0.15) is 0 Å². The van der Waals surface area contributed by atoms with Crippen LogP contribution in [-0.4, -0.2) is 41.6 Å². The van der Waals surface area contributed by atoms with E-state index in [1.54, 1.807) is 0 Å². The quantitative estimate of drug-likeness (QED) is 0.687. The maximum absolute atomic E-state index is 11.3. The highest BCUT2D eigenvalue weighted by molar-refractivity contribution is 8.00. The van der Waals surface area contributed by atoms with Crippen LogP contribution in [0.25, 0.3) is 0 Å². The third-order valence-electron chi connectivity index (χ3n) is 2.87. The second-order valence-electron chi connectivity index (χ2n) is 3.94. The Hall–Kier alpha value is -0.220. The van der Waals surface area contributed by atoms with Gasteiger partial charge in [-0.3, -0.25) is 4.79 Å². The van der Waals surface area contributed by atoms with Crippen molar-refractivity contribution in [1.29, 1.82) is 0 Å². The van der Waals surface area contributed by atoms with Gasteiger partial charge in [-0.15, -0.1) is 11.8 Å². The molecule has 0 saturated carbocycles. The molecule has 0 aromatic rings. The normalized spacial score (nSPS) is 25.4. The molecule has 0 bridgehead atoms. The van der Waals surface area contributed by atoms with Crippen LogP contribution < -0.4 is 5.32 Å². The highest BCUT2D eigenvalue weighted by atomic mass is 32.2. The average molecular weight is 230 g/mol. The van der Waals surface area contributed by atoms with Crippen LogP contribution in [0.4, 0.5) is 0 Å². The van der Waals surface area contributed by atoms with E-state index in [9.17, 15) is 4.79 Å². The highest BCUT2D eigenvalue weighted by Crippen LogP contribution is 2.36. The molecule has 0 aliphatic carbocycles. The van der Waals surface area contributed by atoms with Crippen molar-refractivity contribution in [1.82, 2.24) is 10.2 Å². The Labute approximate surface area is 97.0 Å². The van der Waals surface area contributed by atoms with Crippen LogP contribution in [-0.2, 0) is 4.79 Å². The third kappa shape index (κ3) is 3.38. The standard InChI is InChI=1S/C9H16N2OS.C2H6/c1-11-5-3-9(4-6-11)10-8(12)2-7-13-9;1-2/h2-7H2,1H3,(H,10,12);1-2H3. The van der Waals surface area contributed by atoms with Gasteiger partial charge in [0.15, 0.2) is 0 Å². The first-order chi connectivity index (χ1) is 7.20. The fourth-order valence-electron chi connectivity index (χ4n) is 1.94. The number of rotatable bonds is 0. The van der Waals surface area contributed by atoms with E-state index in [-0.39, 0.29) is 10.8 Å². The van der Waals surface area contributed by atoms with E-state index < -0.39 is 0 Å². The molecule has 15 heavy (non-hydrogen) atoms. The molecule has 0 aromatic heterocycles. The number of nitrogens with one attached hydrogen (secondary N) is 1. The Morgan fingerprint density at radius 3 is 2.47 bits per heavy atom. The van der Waals surface area contributed by atoms with Crippen molar-refractivity contribution in [3.63, 3.8) is 0 Å². The zero-order chi connectivity index (χ0) is 11.3. The van der Waals surface area contributed by atoms with Crippen LogP contribution in [0.15, 0.2) is 0 Å². The Balaban J connectivity index is 0.000000531. The number of likely N-dealkylation sites (tertiary alicyclic amines) is 1. The summed E-state index contributed by atoms with van der Waals surface area (Å²) in [6, 6.07) is 0. The van der Waals surface area contributed by atoms with Crippen LogP contribution in [0.1, 0.15) is 33.1 Å². The first kappa shape index (κ1) is 12.8. The van der Waals surface area contributed by atoms with Gasteiger partial charge in [-0.2, -0.15) is 0 Å². The summed E-state index contributed by atoms with van der Waals surface area (Å²) in [5.74, 6) is 1.23. The van der Waals surface area contributed by atoms with Gasteiger partial charge in [-0.25, -0.2) is 0 Å². The minimum atomic E-state index is 0.0852. The predicted molar refractivity (Wildman–Crippen MR) is 66.0 cm³/mol. The zero-order valence-electron chi connectivity index (χ0n) is 10.0. The largest absolute Gasteiger partial charge is 0.342 e.